The van der Waals surface area contributed by atoms with E-state index in [9.17, 15) is 17.6 Å². The number of carbonyl (C=O) groups is 1. The molecule has 2 N–H and O–H groups in total. The molecule has 0 saturated heterocycles. The molecule has 0 spiro atoms. The Bertz CT molecular complexity index is 974. The van der Waals surface area contributed by atoms with Gasteiger partial charge in [-0.1, -0.05) is 17.7 Å². The summed E-state index contributed by atoms with van der Waals surface area (Å²) in [5.74, 6) is -0.920. The van der Waals surface area contributed by atoms with Gasteiger partial charge in [0.1, 0.15) is 11.6 Å². The van der Waals surface area contributed by atoms with E-state index >= 15 is 0 Å². The number of carbonyl (C=O) groups excluding carboxylic acids is 1. The van der Waals surface area contributed by atoms with Gasteiger partial charge in [-0.25, -0.2) is 17.5 Å². The average Bonchev–Trinajstić information content (AvgIpc) is 2.60. The zero-order chi connectivity index (χ0) is 21.1. The van der Waals surface area contributed by atoms with E-state index in [0.29, 0.717) is 5.75 Å². The van der Waals surface area contributed by atoms with Gasteiger partial charge in [0, 0.05) is 11.6 Å². The Kier molecular flexibility index (Phi) is 6.79. The third kappa shape index (κ3) is 5.08. The van der Waals surface area contributed by atoms with Gasteiger partial charge in [-0.2, -0.15) is 0 Å². The molecule has 152 valence electrons. The highest BCUT2D eigenvalue weighted by Gasteiger charge is 2.22. The van der Waals surface area contributed by atoms with Gasteiger partial charge in [0.25, 0.3) is 5.91 Å². The van der Waals surface area contributed by atoms with Crippen molar-refractivity contribution in [2.24, 2.45) is 0 Å². The number of hydrogen-bond donors (Lipinski definition) is 2. The lowest BCUT2D eigenvalue weighted by Crippen LogP contribution is -2.31. The standard InChI is InChI=1S/C20H25FN2O4S/c1-12(2)23-28(25,26)15-7-8-18(21)17(11-15)20(24)22-14(4)16-10-13(3)6-9-19(16)27-5/h6-12,14,23H,1-5H3,(H,22,24). The number of methoxy groups -OCH3 is 1. The van der Waals surface area contributed by atoms with Crippen molar-refractivity contribution in [1.29, 1.82) is 0 Å². The molecule has 0 saturated carbocycles. The Morgan fingerprint density at radius 3 is 2.39 bits per heavy atom. The van der Waals surface area contributed by atoms with E-state index in [4.69, 9.17) is 4.74 Å². The second-order valence-corrected chi connectivity index (χ2v) is 8.57. The van der Waals surface area contributed by atoms with Crippen LogP contribution in [0.1, 0.15) is 48.3 Å². The predicted octanol–water partition coefficient (Wildman–Crippen LogP) is 3.32. The number of aryl methyl sites for hydroxylation is 1. The minimum absolute atomic E-state index is 0.173. The Morgan fingerprint density at radius 2 is 1.79 bits per heavy atom. The molecule has 2 aromatic carbocycles. The maximum atomic E-state index is 14.2. The highest BCUT2D eigenvalue weighted by atomic mass is 32.2. The van der Waals surface area contributed by atoms with Crippen LogP contribution in [0.25, 0.3) is 0 Å². The molecule has 0 fully saturated rings. The SMILES string of the molecule is COc1ccc(C)cc1C(C)NC(=O)c1cc(S(=O)(=O)NC(C)C)ccc1F. The van der Waals surface area contributed by atoms with Crippen molar-refractivity contribution in [1.82, 2.24) is 10.0 Å². The van der Waals surface area contributed by atoms with Crippen LogP contribution in [0.4, 0.5) is 4.39 Å². The molecule has 28 heavy (non-hydrogen) atoms. The number of halogens is 1. The topological polar surface area (TPSA) is 84.5 Å². The first-order valence-corrected chi connectivity index (χ1v) is 10.3. The largest absolute Gasteiger partial charge is 0.496 e. The maximum absolute atomic E-state index is 14.2. The van der Waals surface area contributed by atoms with E-state index in [1.54, 1.807) is 26.8 Å². The van der Waals surface area contributed by atoms with E-state index in [1.165, 1.54) is 7.11 Å². The van der Waals surface area contributed by atoms with Crippen molar-refractivity contribution < 1.29 is 22.3 Å². The van der Waals surface area contributed by atoms with Gasteiger partial charge in [-0.3, -0.25) is 4.79 Å². The van der Waals surface area contributed by atoms with Crippen molar-refractivity contribution in [3.8, 4) is 5.75 Å². The summed E-state index contributed by atoms with van der Waals surface area (Å²) in [7, 11) is -2.32. The molecule has 0 radical (unpaired) electrons. The van der Waals surface area contributed by atoms with Crippen molar-refractivity contribution in [2.75, 3.05) is 7.11 Å². The normalized spacial score (nSPS) is 12.7. The number of ether oxygens (including phenoxy) is 1. The fourth-order valence-corrected chi connectivity index (χ4v) is 4.05. The van der Waals surface area contributed by atoms with Crippen molar-refractivity contribution in [2.45, 2.75) is 44.7 Å². The molecular formula is C20H25FN2O4S. The van der Waals surface area contributed by atoms with Crippen LogP contribution in [0.3, 0.4) is 0 Å². The van der Waals surface area contributed by atoms with Crippen molar-refractivity contribution in [3.63, 3.8) is 0 Å². The number of sulfonamides is 1. The molecular weight excluding hydrogens is 383 g/mol. The first kappa shape index (κ1) is 21.8. The van der Waals surface area contributed by atoms with Gasteiger partial charge in [0.15, 0.2) is 0 Å². The third-order valence-corrected chi connectivity index (χ3v) is 5.74. The highest BCUT2D eigenvalue weighted by Crippen LogP contribution is 2.26. The fourth-order valence-electron chi connectivity index (χ4n) is 2.77. The molecule has 1 amide bonds. The molecule has 0 aliphatic carbocycles. The lowest BCUT2D eigenvalue weighted by molar-refractivity contribution is 0.0935. The van der Waals surface area contributed by atoms with E-state index in [1.807, 2.05) is 19.1 Å². The van der Waals surface area contributed by atoms with Crippen LogP contribution in [0.2, 0.25) is 0 Å². The first-order chi connectivity index (χ1) is 13.0. The number of nitrogens with one attached hydrogen (secondary N) is 2. The minimum Gasteiger partial charge on any atom is -0.496 e. The number of amides is 1. The summed E-state index contributed by atoms with van der Waals surface area (Å²) in [5, 5.41) is 2.70. The van der Waals surface area contributed by atoms with Crippen LogP contribution in [0.5, 0.6) is 5.75 Å². The van der Waals surface area contributed by atoms with Crippen LogP contribution in [-0.4, -0.2) is 27.5 Å². The van der Waals surface area contributed by atoms with Gasteiger partial charge in [0.05, 0.1) is 23.6 Å². The van der Waals surface area contributed by atoms with Crippen LogP contribution in [0.15, 0.2) is 41.3 Å². The smallest absolute Gasteiger partial charge is 0.254 e. The Morgan fingerprint density at radius 1 is 1.11 bits per heavy atom. The van der Waals surface area contributed by atoms with E-state index in [2.05, 4.69) is 10.0 Å². The second kappa shape index (κ2) is 8.70. The van der Waals surface area contributed by atoms with Gasteiger partial charge < -0.3 is 10.1 Å². The van der Waals surface area contributed by atoms with Gasteiger partial charge in [-0.05, 0) is 52.0 Å². The summed E-state index contributed by atoms with van der Waals surface area (Å²) in [5.41, 5.74) is 1.38. The average molecular weight is 408 g/mol. The summed E-state index contributed by atoms with van der Waals surface area (Å²) < 4.78 is 46.6. The quantitative estimate of drug-likeness (QED) is 0.736. The van der Waals surface area contributed by atoms with Crippen LogP contribution < -0.4 is 14.8 Å². The molecule has 6 nitrogen and oxygen atoms in total. The van der Waals surface area contributed by atoms with Crippen molar-refractivity contribution >= 4 is 15.9 Å². The maximum Gasteiger partial charge on any atom is 0.254 e. The summed E-state index contributed by atoms with van der Waals surface area (Å²) in [4.78, 5) is 12.5. The Hall–Kier alpha value is -2.45. The minimum atomic E-state index is -3.85. The van der Waals surface area contributed by atoms with Crippen molar-refractivity contribution in [3.05, 3.63) is 58.9 Å². The van der Waals surface area contributed by atoms with Gasteiger partial charge in [0.2, 0.25) is 10.0 Å². The summed E-state index contributed by atoms with van der Waals surface area (Å²) in [6, 6.07) is 7.87. The van der Waals surface area contributed by atoms with Crippen LogP contribution in [0, 0.1) is 12.7 Å². The summed E-state index contributed by atoms with van der Waals surface area (Å²) >= 11 is 0. The van der Waals surface area contributed by atoms with Gasteiger partial charge >= 0.3 is 0 Å². The second-order valence-electron chi connectivity index (χ2n) is 6.86. The molecule has 2 aromatic rings. The van der Waals surface area contributed by atoms with E-state index < -0.39 is 27.8 Å². The van der Waals surface area contributed by atoms with E-state index in [0.717, 1.165) is 29.3 Å². The highest BCUT2D eigenvalue weighted by molar-refractivity contribution is 7.89. The summed E-state index contributed by atoms with van der Waals surface area (Å²) in [6.45, 7) is 7.00. The molecule has 0 aliphatic heterocycles. The molecule has 0 aromatic heterocycles. The third-order valence-electron chi connectivity index (χ3n) is 4.08. The first-order valence-electron chi connectivity index (χ1n) is 8.82. The molecule has 2 rings (SSSR count). The monoisotopic (exact) mass is 408 g/mol. The lowest BCUT2D eigenvalue weighted by atomic mass is 10.0. The summed E-state index contributed by atoms with van der Waals surface area (Å²) in [6.07, 6.45) is 0. The number of hydrogen-bond acceptors (Lipinski definition) is 4. The van der Waals surface area contributed by atoms with E-state index in [-0.39, 0.29) is 16.5 Å². The molecule has 8 heteroatoms. The molecule has 0 bridgehead atoms. The number of benzene rings is 2. The Balaban J connectivity index is 2.32. The zero-order valence-corrected chi connectivity index (χ0v) is 17.4. The Labute approximate surface area is 165 Å². The molecule has 0 heterocycles. The number of rotatable bonds is 7. The van der Waals surface area contributed by atoms with Crippen LogP contribution in [-0.2, 0) is 10.0 Å². The zero-order valence-electron chi connectivity index (χ0n) is 16.5. The molecule has 1 atom stereocenters. The lowest BCUT2D eigenvalue weighted by Gasteiger charge is -2.18. The van der Waals surface area contributed by atoms with Crippen LogP contribution >= 0.6 is 0 Å². The predicted molar refractivity (Wildman–Crippen MR) is 105 cm³/mol. The van der Waals surface area contributed by atoms with Gasteiger partial charge in [-0.15, -0.1) is 0 Å². The molecule has 0 aliphatic rings. The molecule has 1 unspecified atom stereocenters. The fraction of sp³-hybridized carbons (Fsp3) is 0.350.